The Balaban J connectivity index is 1.52. The molecule has 9 nitrogen and oxygen atoms in total. The van der Waals surface area contributed by atoms with Crippen LogP contribution in [0.1, 0.15) is 70.2 Å². The van der Waals surface area contributed by atoms with E-state index in [2.05, 4.69) is 13.0 Å². The number of carbonyl (C=O) groups excluding carboxylic acids is 2. The summed E-state index contributed by atoms with van der Waals surface area (Å²) in [6.07, 6.45) is 0.867. The molecule has 1 atom stereocenters. The number of cyclic esters (lactones) is 1. The summed E-state index contributed by atoms with van der Waals surface area (Å²) in [5.74, 6) is -0.678. The minimum absolute atomic E-state index is 0.139. The maximum atomic E-state index is 13.7. The molecule has 1 saturated heterocycles. The van der Waals surface area contributed by atoms with Crippen molar-refractivity contribution in [2.45, 2.75) is 84.3 Å². The summed E-state index contributed by atoms with van der Waals surface area (Å²) in [6.45, 7) is 12.3. The van der Waals surface area contributed by atoms with Crippen LogP contribution in [0.25, 0.3) is 22.3 Å². The number of nitrogens with zero attached hydrogens (tertiary/aromatic N) is 2. The van der Waals surface area contributed by atoms with Gasteiger partial charge in [0.25, 0.3) is 12.0 Å². The topological polar surface area (TPSA) is 106 Å². The average molecular weight is 530 g/mol. The van der Waals surface area contributed by atoms with E-state index >= 15 is 0 Å². The van der Waals surface area contributed by atoms with Crippen LogP contribution in [0.5, 0.6) is 0 Å². The molecule has 0 unspecified atom stereocenters. The van der Waals surface area contributed by atoms with Crippen molar-refractivity contribution in [3.63, 3.8) is 0 Å². The Hall–Kier alpha value is -3.50. The predicted octanol–water partition coefficient (Wildman–Crippen LogP) is 3.12. The minimum atomic E-state index is -1.66. The third-order valence-corrected chi connectivity index (χ3v) is 8.93. The molecule has 3 aromatic rings. The molecular formula is C29H31BN2O7. The van der Waals surface area contributed by atoms with Crippen molar-refractivity contribution in [1.82, 2.24) is 9.55 Å². The number of carbonyl (C=O) groups is 2. The van der Waals surface area contributed by atoms with Crippen LogP contribution in [-0.2, 0) is 53.5 Å². The Bertz CT molecular complexity index is 1610. The molecule has 6 rings (SSSR count). The number of aromatic nitrogens is 2. The standard InChI is InChI=1S/C29H31BN2O7/c1-7-17-18-11-16(30-38-27(3,4)28(5,6)39-30)9-10-22(18)31-24-19(17)13-32-23(24)12-21-20(25(32)34)14-36-26(35)29(21,8-2)37-15-33/h9-12,15H,7-8,13-14H2,1-6H3/t29-/m0/s1. The summed E-state index contributed by atoms with van der Waals surface area (Å²) in [7, 11) is -0.499. The second-order valence-corrected chi connectivity index (χ2v) is 11.4. The highest BCUT2D eigenvalue weighted by molar-refractivity contribution is 6.62. The fraction of sp³-hybridized carbons (Fsp3) is 0.448. The van der Waals surface area contributed by atoms with Gasteiger partial charge in [0.1, 0.15) is 6.61 Å². The summed E-state index contributed by atoms with van der Waals surface area (Å²) in [4.78, 5) is 42.9. The SMILES string of the molecule is CCc1c2c(nc3ccc(B4OC(C)(C)C(C)(C)O4)cc13)-c1cc3c(c(=O)n1C2)COC(=O)[C@@]3(CC)OC=O. The van der Waals surface area contributed by atoms with Gasteiger partial charge in [0.15, 0.2) is 0 Å². The fourth-order valence-electron chi connectivity index (χ4n) is 5.97. The van der Waals surface area contributed by atoms with E-state index in [1.54, 1.807) is 17.6 Å². The van der Waals surface area contributed by atoms with Gasteiger partial charge in [-0.05, 0) is 63.7 Å². The van der Waals surface area contributed by atoms with Crippen molar-refractivity contribution in [2.75, 3.05) is 0 Å². The molecule has 0 bridgehead atoms. The van der Waals surface area contributed by atoms with Crippen LogP contribution in [0.3, 0.4) is 0 Å². The zero-order valence-corrected chi connectivity index (χ0v) is 23.0. The molecule has 0 spiro atoms. The number of rotatable bonds is 5. The second kappa shape index (κ2) is 8.50. The normalized spacial score (nSPS) is 22.3. The van der Waals surface area contributed by atoms with Gasteiger partial charge in [-0.3, -0.25) is 9.59 Å². The van der Waals surface area contributed by atoms with Crippen LogP contribution in [-0.4, -0.2) is 40.3 Å². The summed E-state index contributed by atoms with van der Waals surface area (Å²) in [6, 6.07) is 7.77. The maximum Gasteiger partial charge on any atom is 0.494 e. The quantitative estimate of drug-likeness (QED) is 0.220. The van der Waals surface area contributed by atoms with Gasteiger partial charge in [-0.15, -0.1) is 0 Å². The van der Waals surface area contributed by atoms with Crippen LogP contribution in [0, 0.1) is 0 Å². The monoisotopic (exact) mass is 530 g/mol. The van der Waals surface area contributed by atoms with Crippen LogP contribution in [0.15, 0.2) is 29.1 Å². The largest absolute Gasteiger partial charge is 0.494 e. The molecular weight excluding hydrogens is 499 g/mol. The van der Waals surface area contributed by atoms with Crippen LogP contribution in [0.4, 0.5) is 0 Å². The van der Waals surface area contributed by atoms with Gasteiger partial charge in [-0.25, -0.2) is 9.78 Å². The predicted molar refractivity (Wildman–Crippen MR) is 145 cm³/mol. The molecule has 2 aromatic heterocycles. The molecule has 3 aliphatic heterocycles. The van der Waals surface area contributed by atoms with E-state index in [-0.39, 0.29) is 25.1 Å². The highest BCUT2D eigenvalue weighted by Gasteiger charge is 2.52. The number of hydrogen-bond acceptors (Lipinski definition) is 8. The minimum Gasteiger partial charge on any atom is -0.457 e. The van der Waals surface area contributed by atoms with Gasteiger partial charge >= 0.3 is 13.1 Å². The van der Waals surface area contributed by atoms with E-state index in [1.807, 2.05) is 39.8 Å². The van der Waals surface area contributed by atoms with Crippen LogP contribution in [0.2, 0.25) is 0 Å². The first-order chi connectivity index (χ1) is 18.5. The van der Waals surface area contributed by atoms with Crippen LogP contribution >= 0.6 is 0 Å². The van der Waals surface area contributed by atoms with Gasteiger partial charge in [-0.2, -0.15) is 0 Å². The summed E-state index contributed by atoms with van der Waals surface area (Å²) in [5.41, 5.74) is 2.89. The number of ether oxygens (including phenoxy) is 2. The summed E-state index contributed by atoms with van der Waals surface area (Å²) >= 11 is 0. The number of aryl methyl sites for hydroxylation is 1. The van der Waals surface area contributed by atoms with Gasteiger partial charge in [-0.1, -0.05) is 26.0 Å². The van der Waals surface area contributed by atoms with Crippen molar-refractivity contribution in [1.29, 1.82) is 0 Å². The number of pyridine rings is 2. The lowest BCUT2D eigenvalue weighted by molar-refractivity contribution is -0.182. The van der Waals surface area contributed by atoms with Gasteiger partial charge < -0.3 is 23.3 Å². The molecule has 3 aliphatic rings. The summed E-state index contributed by atoms with van der Waals surface area (Å²) < 4.78 is 24.9. The molecule has 0 amide bonds. The number of esters is 1. The van der Waals surface area contributed by atoms with E-state index in [0.717, 1.165) is 33.9 Å². The zero-order chi connectivity index (χ0) is 27.9. The highest BCUT2D eigenvalue weighted by Crippen LogP contribution is 2.42. The summed E-state index contributed by atoms with van der Waals surface area (Å²) in [5, 5.41) is 0.986. The Labute approximate surface area is 226 Å². The Morgan fingerprint density at radius 3 is 2.44 bits per heavy atom. The van der Waals surface area contributed by atoms with E-state index in [4.69, 9.17) is 23.8 Å². The third-order valence-electron chi connectivity index (χ3n) is 8.93. The molecule has 39 heavy (non-hydrogen) atoms. The Morgan fingerprint density at radius 2 is 1.79 bits per heavy atom. The van der Waals surface area contributed by atoms with Gasteiger partial charge in [0.2, 0.25) is 5.60 Å². The Kier molecular flexibility index (Phi) is 5.62. The molecule has 1 aromatic carbocycles. The average Bonchev–Trinajstić information content (AvgIpc) is 3.37. The second-order valence-electron chi connectivity index (χ2n) is 11.4. The molecule has 0 radical (unpaired) electrons. The Morgan fingerprint density at radius 1 is 1.08 bits per heavy atom. The first kappa shape index (κ1) is 25.8. The fourth-order valence-corrected chi connectivity index (χ4v) is 5.97. The van der Waals surface area contributed by atoms with Crippen molar-refractivity contribution in [2.24, 2.45) is 0 Å². The van der Waals surface area contributed by atoms with Crippen molar-refractivity contribution >= 4 is 35.9 Å². The number of fused-ring (bicyclic) bond motifs is 5. The molecule has 10 heteroatoms. The molecule has 0 aliphatic carbocycles. The molecule has 0 saturated carbocycles. The molecule has 5 heterocycles. The van der Waals surface area contributed by atoms with Crippen LogP contribution < -0.4 is 11.0 Å². The van der Waals surface area contributed by atoms with Crippen molar-refractivity contribution in [3.8, 4) is 11.4 Å². The first-order valence-corrected chi connectivity index (χ1v) is 13.3. The number of benzene rings is 1. The van der Waals surface area contributed by atoms with E-state index in [1.165, 1.54) is 0 Å². The smallest absolute Gasteiger partial charge is 0.457 e. The molecule has 1 fully saturated rings. The molecule has 202 valence electrons. The highest BCUT2D eigenvalue weighted by atomic mass is 16.7. The maximum absolute atomic E-state index is 13.7. The van der Waals surface area contributed by atoms with Crippen molar-refractivity contribution in [3.05, 3.63) is 56.9 Å². The lowest BCUT2D eigenvalue weighted by Crippen LogP contribution is -2.46. The van der Waals surface area contributed by atoms with Crippen molar-refractivity contribution < 1.29 is 28.4 Å². The lowest BCUT2D eigenvalue weighted by Gasteiger charge is -2.34. The molecule has 0 N–H and O–H groups in total. The first-order valence-electron chi connectivity index (χ1n) is 13.3. The third kappa shape index (κ3) is 3.47. The number of hydrogen-bond donors (Lipinski definition) is 0. The van der Waals surface area contributed by atoms with E-state index in [0.29, 0.717) is 29.1 Å². The van der Waals surface area contributed by atoms with Gasteiger partial charge in [0.05, 0.1) is 40.2 Å². The zero-order valence-electron chi connectivity index (χ0n) is 23.0. The lowest BCUT2D eigenvalue weighted by atomic mass is 9.78. The van der Waals surface area contributed by atoms with Gasteiger partial charge in [0, 0.05) is 16.5 Å². The van der Waals surface area contributed by atoms with E-state index in [9.17, 15) is 14.4 Å². The van der Waals surface area contributed by atoms with E-state index < -0.39 is 29.9 Å².